The van der Waals surface area contributed by atoms with Crippen LogP contribution in [0.1, 0.15) is 31.2 Å². The minimum Gasteiger partial charge on any atom is -0.399 e. The first-order chi connectivity index (χ1) is 9.67. The molecule has 0 aromatic heterocycles. The van der Waals surface area contributed by atoms with E-state index in [9.17, 15) is 4.79 Å². The Hall–Kier alpha value is -1.42. The van der Waals surface area contributed by atoms with E-state index in [2.05, 4.69) is 11.6 Å². The maximum Gasteiger partial charge on any atom is 0.244 e. The maximum absolute atomic E-state index is 11.9. The molecule has 1 amide bonds. The predicted molar refractivity (Wildman–Crippen MR) is 87.6 cm³/mol. The van der Waals surface area contributed by atoms with Crippen LogP contribution >= 0.6 is 11.8 Å². The van der Waals surface area contributed by atoms with Crippen LogP contribution in [0.5, 0.6) is 0 Å². The standard InChI is InChI=1S/C16H22N2OS/c1-20-15-8-6-14(7-9-15)18-16(19)10-5-12-3-2-4-13(17)11-12/h2-5,10-11,14-15H,6-9,17H2,1H3,(H,18,19)/b10-5+. The second-order valence-electron chi connectivity index (χ2n) is 5.22. The molecule has 108 valence electrons. The van der Waals surface area contributed by atoms with Crippen molar-refractivity contribution in [2.24, 2.45) is 0 Å². The largest absolute Gasteiger partial charge is 0.399 e. The molecule has 0 spiro atoms. The van der Waals surface area contributed by atoms with Gasteiger partial charge in [0.25, 0.3) is 0 Å². The Kier molecular flexibility index (Phi) is 5.53. The highest BCUT2D eigenvalue weighted by Gasteiger charge is 2.20. The van der Waals surface area contributed by atoms with Gasteiger partial charge in [0.2, 0.25) is 5.91 Å². The van der Waals surface area contributed by atoms with E-state index < -0.39 is 0 Å². The molecule has 20 heavy (non-hydrogen) atoms. The van der Waals surface area contributed by atoms with Crippen molar-refractivity contribution in [2.75, 3.05) is 12.0 Å². The first-order valence-electron chi connectivity index (χ1n) is 7.04. The van der Waals surface area contributed by atoms with E-state index >= 15 is 0 Å². The molecule has 0 aliphatic heterocycles. The van der Waals surface area contributed by atoms with Crippen LogP contribution in [0.15, 0.2) is 30.3 Å². The molecule has 3 nitrogen and oxygen atoms in total. The third-order valence-electron chi connectivity index (χ3n) is 3.69. The molecule has 0 atom stereocenters. The lowest BCUT2D eigenvalue weighted by molar-refractivity contribution is -0.117. The van der Waals surface area contributed by atoms with Gasteiger partial charge in [-0.1, -0.05) is 12.1 Å². The van der Waals surface area contributed by atoms with E-state index in [0.29, 0.717) is 11.7 Å². The number of hydrogen-bond donors (Lipinski definition) is 2. The number of anilines is 1. The van der Waals surface area contributed by atoms with E-state index in [4.69, 9.17) is 5.73 Å². The average molecular weight is 290 g/mol. The van der Waals surface area contributed by atoms with Gasteiger partial charge in [0.1, 0.15) is 0 Å². The normalized spacial score (nSPS) is 22.9. The lowest BCUT2D eigenvalue weighted by Crippen LogP contribution is -2.37. The maximum atomic E-state index is 11.9. The summed E-state index contributed by atoms with van der Waals surface area (Å²) in [5.41, 5.74) is 7.37. The predicted octanol–water partition coefficient (Wildman–Crippen LogP) is 3.07. The van der Waals surface area contributed by atoms with Gasteiger partial charge < -0.3 is 11.1 Å². The fourth-order valence-corrected chi connectivity index (χ4v) is 3.27. The summed E-state index contributed by atoms with van der Waals surface area (Å²) in [7, 11) is 0. The highest BCUT2D eigenvalue weighted by molar-refractivity contribution is 7.99. The number of rotatable bonds is 4. The van der Waals surface area contributed by atoms with Gasteiger partial charge in [-0.25, -0.2) is 0 Å². The number of benzene rings is 1. The minimum atomic E-state index is -0.0139. The molecule has 1 saturated carbocycles. The van der Waals surface area contributed by atoms with E-state index in [1.54, 1.807) is 12.2 Å². The summed E-state index contributed by atoms with van der Waals surface area (Å²) in [5, 5.41) is 3.85. The Bertz CT molecular complexity index is 479. The molecular formula is C16H22N2OS. The molecule has 4 heteroatoms. The molecule has 1 fully saturated rings. The minimum absolute atomic E-state index is 0.0139. The number of carbonyl (C=O) groups is 1. The SMILES string of the molecule is CSC1CCC(NC(=O)/C=C/c2cccc(N)c2)CC1. The summed E-state index contributed by atoms with van der Waals surface area (Å²) in [4.78, 5) is 11.9. The number of amides is 1. The zero-order valence-electron chi connectivity index (χ0n) is 11.8. The van der Waals surface area contributed by atoms with Crippen LogP contribution in [-0.4, -0.2) is 23.5 Å². The lowest BCUT2D eigenvalue weighted by atomic mass is 9.95. The average Bonchev–Trinajstić information content (AvgIpc) is 2.46. The van der Waals surface area contributed by atoms with Crippen LogP contribution in [0, 0.1) is 0 Å². The van der Waals surface area contributed by atoms with E-state index in [1.807, 2.05) is 36.0 Å². The molecule has 0 bridgehead atoms. The monoisotopic (exact) mass is 290 g/mol. The summed E-state index contributed by atoms with van der Waals surface area (Å²) in [6.07, 6.45) is 10.1. The van der Waals surface area contributed by atoms with Crippen molar-refractivity contribution in [2.45, 2.75) is 37.0 Å². The van der Waals surface area contributed by atoms with E-state index in [0.717, 1.165) is 23.7 Å². The Morgan fingerprint density at radius 1 is 1.35 bits per heavy atom. The lowest BCUT2D eigenvalue weighted by Gasteiger charge is -2.27. The third kappa shape index (κ3) is 4.60. The zero-order valence-corrected chi connectivity index (χ0v) is 12.7. The van der Waals surface area contributed by atoms with Crippen molar-refractivity contribution in [1.82, 2.24) is 5.32 Å². The summed E-state index contributed by atoms with van der Waals surface area (Å²) >= 11 is 1.94. The molecule has 0 saturated heterocycles. The van der Waals surface area contributed by atoms with Gasteiger partial charge in [-0.2, -0.15) is 11.8 Å². The summed E-state index contributed by atoms with van der Waals surface area (Å²) in [6.45, 7) is 0. The first kappa shape index (κ1) is 15.0. The van der Waals surface area contributed by atoms with Crippen LogP contribution in [0.4, 0.5) is 5.69 Å². The molecule has 1 aromatic carbocycles. The van der Waals surface area contributed by atoms with Gasteiger partial charge in [0.15, 0.2) is 0 Å². The van der Waals surface area contributed by atoms with Gasteiger partial charge in [0, 0.05) is 23.1 Å². The third-order valence-corrected chi connectivity index (χ3v) is 4.83. The Morgan fingerprint density at radius 3 is 2.75 bits per heavy atom. The number of thioether (sulfide) groups is 1. The van der Waals surface area contributed by atoms with Gasteiger partial charge in [-0.05, 0) is 55.7 Å². The molecule has 1 aliphatic rings. The van der Waals surface area contributed by atoms with E-state index in [1.165, 1.54) is 12.8 Å². The number of nitrogens with one attached hydrogen (secondary N) is 1. The van der Waals surface area contributed by atoms with Crippen LogP contribution < -0.4 is 11.1 Å². The second-order valence-corrected chi connectivity index (χ2v) is 6.36. The number of nitrogen functional groups attached to an aromatic ring is 1. The quantitative estimate of drug-likeness (QED) is 0.662. The zero-order chi connectivity index (χ0) is 14.4. The molecule has 1 aromatic rings. The summed E-state index contributed by atoms with van der Waals surface area (Å²) < 4.78 is 0. The smallest absolute Gasteiger partial charge is 0.244 e. The van der Waals surface area contributed by atoms with Gasteiger partial charge in [-0.15, -0.1) is 0 Å². The molecular weight excluding hydrogens is 268 g/mol. The molecule has 1 aliphatic carbocycles. The molecule has 0 unspecified atom stereocenters. The Balaban J connectivity index is 1.81. The van der Waals surface area contributed by atoms with Gasteiger partial charge >= 0.3 is 0 Å². The van der Waals surface area contributed by atoms with Crippen LogP contribution in [0.3, 0.4) is 0 Å². The fraction of sp³-hybridized carbons (Fsp3) is 0.438. The van der Waals surface area contributed by atoms with Crippen molar-refractivity contribution in [1.29, 1.82) is 0 Å². The van der Waals surface area contributed by atoms with Crippen molar-refractivity contribution in [3.8, 4) is 0 Å². The highest BCUT2D eigenvalue weighted by Crippen LogP contribution is 2.26. The van der Waals surface area contributed by atoms with Crippen molar-refractivity contribution < 1.29 is 4.79 Å². The topological polar surface area (TPSA) is 55.1 Å². The Labute approximate surface area is 125 Å². The fourth-order valence-electron chi connectivity index (χ4n) is 2.53. The number of carbonyl (C=O) groups excluding carboxylic acids is 1. The molecule has 3 N–H and O–H groups in total. The van der Waals surface area contributed by atoms with Crippen molar-refractivity contribution in [3.63, 3.8) is 0 Å². The number of nitrogens with two attached hydrogens (primary N) is 1. The van der Waals surface area contributed by atoms with Gasteiger partial charge in [-0.3, -0.25) is 4.79 Å². The summed E-state index contributed by atoms with van der Waals surface area (Å²) in [6, 6.07) is 7.84. The van der Waals surface area contributed by atoms with Crippen LogP contribution in [0.2, 0.25) is 0 Å². The highest BCUT2D eigenvalue weighted by atomic mass is 32.2. The molecule has 0 heterocycles. The van der Waals surface area contributed by atoms with Crippen molar-refractivity contribution >= 4 is 29.4 Å². The molecule has 0 radical (unpaired) electrons. The van der Waals surface area contributed by atoms with Crippen molar-refractivity contribution in [3.05, 3.63) is 35.9 Å². The van der Waals surface area contributed by atoms with E-state index in [-0.39, 0.29) is 5.91 Å². The Morgan fingerprint density at radius 2 is 2.10 bits per heavy atom. The number of hydrogen-bond acceptors (Lipinski definition) is 3. The second kappa shape index (κ2) is 7.39. The van der Waals surface area contributed by atoms with Gasteiger partial charge in [0.05, 0.1) is 0 Å². The molecule has 2 rings (SSSR count). The van der Waals surface area contributed by atoms with Crippen LogP contribution in [-0.2, 0) is 4.79 Å². The first-order valence-corrected chi connectivity index (χ1v) is 8.33. The van der Waals surface area contributed by atoms with Crippen LogP contribution in [0.25, 0.3) is 6.08 Å². The summed E-state index contributed by atoms with van der Waals surface area (Å²) in [5.74, 6) is -0.0139.